The van der Waals surface area contributed by atoms with Crippen molar-refractivity contribution in [3.05, 3.63) is 57.0 Å². The molecular formula is C16H11BrF3N3OS. The molecule has 0 saturated heterocycles. The van der Waals surface area contributed by atoms with Crippen LogP contribution in [0.3, 0.4) is 0 Å². The van der Waals surface area contributed by atoms with Gasteiger partial charge in [0.05, 0.1) is 22.0 Å². The number of fused-ring (bicyclic) bond motifs is 1. The first-order valence-corrected chi connectivity index (χ1v) is 8.97. The molecule has 0 aliphatic rings. The summed E-state index contributed by atoms with van der Waals surface area (Å²) in [7, 11) is 0. The average Bonchev–Trinajstić information content (AvgIpc) is 2.55. The molecule has 0 saturated carbocycles. The summed E-state index contributed by atoms with van der Waals surface area (Å²) in [6.45, 7) is 1.95. The third-order valence-corrected chi connectivity index (χ3v) is 4.75. The van der Waals surface area contributed by atoms with Gasteiger partial charge in [0.15, 0.2) is 5.82 Å². The van der Waals surface area contributed by atoms with Gasteiger partial charge < -0.3 is 0 Å². The van der Waals surface area contributed by atoms with Crippen LogP contribution < -0.4 is 5.56 Å². The van der Waals surface area contributed by atoms with Gasteiger partial charge in [-0.1, -0.05) is 13.0 Å². The van der Waals surface area contributed by atoms with Crippen LogP contribution in [-0.4, -0.2) is 20.5 Å². The van der Waals surface area contributed by atoms with Crippen molar-refractivity contribution in [2.45, 2.75) is 18.0 Å². The van der Waals surface area contributed by atoms with Gasteiger partial charge >= 0.3 is 6.18 Å². The summed E-state index contributed by atoms with van der Waals surface area (Å²) >= 11 is 4.78. The summed E-state index contributed by atoms with van der Waals surface area (Å²) in [4.78, 5) is 17.6. The predicted molar refractivity (Wildman–Crippen MR) is 94.2 cm³/mol. The lowest BCUT2D eigenvalue weighted by Gasteiger charge is -2.11. The van der Waals surface area contributed by atoms with Gasteiger partial charge in [-0.05, 0) is 39.9 Å². The zero-order valence-electron chi connectivity index (χ0n) is 12.8. The fraction of sp³-hybridized carbons (Fsp3) is 0.188. The normalized spacial score (nSPS) is 11.9. The predicted octanol–water partition coefficient (Wildman–Crippen LogP) is 4.67. The van der Waals surface area contributed by atoms with E-state index in [2.05, 4.69) is 26.0 Å². The summed E-state index contributed by atoms with van der Waals surface area (Å²) in [5, 5.41) is 4.36. The van der Waals surface area contributed by atoms with E-state index < -0.39 is 17.3 Å². The quantitative estimate of drug-likeness (QED) is 0.567. The average molecular weight is 430 g/mol. The van der Waals surface area contributed by atoms with Crippen LogP contribution in [0.1, 0.15) is 12.5 Å². The molecular weight excluding hydrogens is 419 g/mol. The van der Waals surface area contributed by atoms with Crippen LogP contribution in [0.25, 0.3) is 16.6 Å². The van der Waals surface area contributed by atoms with E-state index >= 15 is 0 Å². The molecule has 2 aromatic heterocycles. The second kappa shape index (κ2) is 6.80. The summed E-state index contributed by atoms with van der Waals surface area (Å²) in [5.74, 6) is 1.03. The summed E-state index contributed by atoms with van der Waals surface area (Å²) in [6.07, 6.45) is -1.64. The van der Waals surface area contributed by atoms with Gasteiger partial charge in [-0.2, -0.15) is 23.0 Å². The molecule has 0 spiro atoms. The fourth-order valence-electron chi connectivity index (χ4n) is 2.30. The van der Waals surface area contributed by atoms with Gasteiger partial charge in [0.2, 0.25) is 0 Å². The Morgan fingerprint density at radius 1 is 1.24 bits per heavy atom. The number of nitrogens with zero attached hydrogens (tertiary/aromatic N) is 3. The SMILES string of the molecule is CCSc1cc(Br)cnc1-n1ncc2ccc(C(F)(F)F)cc2c1=O. The van der Waals surface area contributed by atoms with Gasteiger partial charge in [0.25, 0.3) is 5.56 Å². The molecule has 9 heteroatoms. The van der Waals surface area contributed by atoms with Gasteiger partial charge in [-0.25, -0.2) is 4.98 Å². The molecule has 0 aliphatic carbocycles. The van der Waals surface area contributed by atoms with Crippen molar-refractivity contribution in [3.63, 3.8) is 0 Å². The number of thioether (sulfide) groups is 1. The summed E-state index contributed by atoms with van der Waals surface area (Å²) in [5.41, 5.74) is -1.52. The molecule has 25 heavy (non-hydrogen) atoms. The first kappa shape index (κ1) is 17.9. The van der Waals surface area contributed by atoms with Crippen LogP contribution in [0.4, 0.5) is 13.2 Å². The largest absolute Gasteiger partial charge is 0.416 e. The van der Waals surface area contributed by atoms with E-state index in [1.165, 1.54) is 30.2 Å². The Morgan fingerprint density at radius 3 is 2.68 bits per heavy atom. The van der Waals surface area contributed by atoms with Crippen molar-refractivity contribution in [1.82, 2.24) is 14.8 Å². The lowest BCUT2D eigenvalue weighted by Crippen LogP contribution is -2.23. The van der Waals surface area contributed by atoms with E-state index in [-0.39, 0.29) is 5.39 Å². The van der Waals surface area contributed by atoms with Crippen LogP contribution in [0.5, 0.6) is 0 Å². The molecule has 4 nitrogen and oxygen atoms in total. The van der Waals surface area contributed by atoms with Gasteiger partial charge in [0.1, 0.15) is 0 Å². The lowest BCUT2D eigenvalue weighted by molar-refractivity contribution is -0.137. The third kappa shape index (κ3) is 3.57. The molecule has 0 bridgehead atoms. The monoisotopic (exact) mass is 429 g/mol. The zero-order valence-corrected chi connectivity index (χ0v) is 15.2. The molecule has 3 rings (SSSR count). The van der Waals surface area contributed by atoms with Gasteiger partial charge in [-0.3, -0.25) is 4.79 Å². The Kier molecular flexibility index (Phi) is 4.88. The van der Waals surface area contributed by atoms with Crippen LogP contribution in [0.2, 0.25) is 0 Å². The smallest absolute Gasteiger partial charge is 0.267 e. The first-order chi connectivity index (χ1) is 11.8. The van der Waals surface area contributed by atoms with Crippen LogP contribution in [0, 0.1) is 0 Å². The van der Waals surface area contributed by atoms with Gasteiger partial charge in [0, 0.05) is 16.1 Å². The third-order valence-electron chi connectivity index (χ3n) is 3.42. The van der Waals surface area contributed by atoms with Crippen molar-refractivity contribution in [2.75, 3.05) is 5.75 Å². The number of rotatable bonds is 3. The highest BCUT2D eigenvalue weighted by Gasteiger charge is 2.30. The van der Waals surface area contributed by atoms with Crippen LogP contribution >= 0.6 is 27.7 Å². The Bertz CT molecular complexity index is 1000. The number of alkyl halides is 3. The fourth-order valence-corrected chi connectivity index (χ4v) is 3.57. The van der Waals surface area contributed by atoms with Crippen molar-refractivity contribution in [1.29, 1.82) is 0 Å². The maximum atomic E-state index is 12.9. The molecule has 0 radical (unpaired) electrons. The molecule has 0 amide bonds. The Morgan fingerprint density at radius 2 is 2.00 bits per heavy atom. The van der Waals surface area contributed by atoms with E-state index in [1.807, 2.05) is 6.92 Å². The van der Waals surface area contributed by atoms with E-state index in [9.17, 15) is 18.0 Å². The minimum Gasteiger partial charge on any atom is -0.267 e. The molecule has 0 aliphatic heterocycles. The zero-order chi connectivity index (χ0) is 18.2. The van der Waals surface area contributed by atoms with Crippen molar-refractivity contribution >= 4 is 38.5 Å². The summed E-state index contributed by atoms with van der Waals surface area (Å²) < 4.78 is 40.6. The number of hydrogen-bond acceptors (Lipinski definition) is 4. The van der Waals surface area contributed by atoms with Crippen molar-refractivity contribution in [2.24, 2.45) is 0 Å². The van der Waals surface area contributed by atoms with Crippen molar-refractivity contribution in [3.8, 4) is 5.82 Å². The van der Waals surface area contributed by atoms with E-state index in [0.717, 1.165) is 27.0 Å². The summed E-state index contributed by atoms with van der Waals surface area (Å²) in [6, 6.07) is 4.82. The molecule has 0 unspecified atom stereocenters. The van der Waals surface area contributed by atoms with E-state index in [4.69, 9.17) is 0 Å². The molecule has 0 N–H and O–H groups in total. The molecule has 1 aromatic carbocycles. The maximum absolute atomic E-state index is 12.9. The Labute approximate surface area is 153 Å². The Balaban J connectivity index is 2.25. The van der Waals surface area contributed by atoms with Gasteiger partial charge in [-0.15, -0.1) is 11.8 Å². The minimum absolute atomic E-state index is 0.0537. The van der Waals surface area contributed by atoms with Crippen LogP contribution in [0.15, 0.2) is 50.8 Å². The number of hydrogen-bond donors (Lipinski definition) is 0. The molecule has 2 heterocycles. The molecule has 0 fully saturated rings. The maximum Gasteiger partial charge on any atom is 0.416 e. The minimum atomic E-state index is -4.52. The highest BCUT2D eigenvalue weighted by molar-refractivity contribution is 9.10. The molecule has 3 aromatic rings. The number of pyridine rings is 1. The number of aromatic nitrogens is 3. The standard InChI is InChI=1S/C16H11BrF3N3OS/c1-2-25-13-6-11(17)8-21-14(13)23-15(24)12-5-10(16(18,19)20)4-3-9(12)7-22-23/h3-8H,2H2,1H3. The number of halogens is 4. The second-order valence-electron chi connectivity index (χ2n) is 5.07. The highest BCUT2D eigenvalue weighted by atomic mass is 79.9. The van der Waals surface area contributed by atoms with E-state index in [0.29, 0.717) is 16.1 Å². The first-order valence-electron chi connectivity index (χ1n) is 7.19. The highest BCUT2D eigenvalue weighted by Crippen LogP contribution is 2.31. The van der Waals surface area contributed by atoms with Crippen molar-refractivity contribution < 1.29 is 13.2 Å². The molecule has 130 valence electrons. The second-order valence-corrected chi connectivity index (χ2v) is 7.29. The number of benzene rings is 1. The molecule has 0 atom stereocenters. The topological polar surface area (TPSA) is 47.8 Å². The van der Waals surface area contributed by atoms with E-state index in [1.54, 1.807) is 6.07 Å². The van der Waals surface area contributed by atoms with Crippen LogP contribution in [-0.2, 0) is 6.18 Å². The lowest BCUT2D eigenvalue weighted by atomic mass is 10.1. The Hall–Kier alpha value is -1.87.